The molecule has 0 spiro atoms. The molecular weight excluding hydrogens is 444 g/mol. The van der Waals surface area contributed by atoms with Crippen molar-refractivity contribution in [3.8, 4) is 0 Å². The van der Waals surface area contributed by atoms with Crippen LogP contribution in [0.4, 0.5) is 0 Å². The Kier molecular flexibility index (Phi) is 8.51. The van der Waals surface area contributed by atoms with Crippen LogP contribution in [0.3, 0.4) is 0 Å². The lowest BCUT2D eigenvalue weighted by Crippen LogP contribution is -2.54. The fourth-order valence-corrected chi connectivity index (χ4v) is 3.90. The number of benzene rings is 3. The van der Waals surface area contributed by atoms with Gasteiger partial charge in [-0.2, -0.15) is 0 Å². The number of hydrogen-bond acceptors (Lipinski definition) is 2. The molecule has 0 saturated carbocycles. The summed E-state index contributed by atoms with van der Waals surface area (Å²) in [5.41, 5.74) is 3.58. The van der Waals surface area contributed by atoms with Gasteiger partial charge in [0.15, 0.2) is 0 Å². The molecule has 0 bridgehead atoms. The highest BCUT2D eigenvalue weighted by atomic mass is 35.5. The normalized spacial score (nSPS) is 12.1. The monoisotopic (exact) mass is 476 g/mol. The molecule has 0 fully saturated rings. The smallest absolute Gasteiger partial charge is 0.243 e. The van der Waals surface area contributed by atoms with Gasteiger partial charge in [-0.3, -0.25) is 9.59 Å². The highest BCUT2D eigenvalue weighted by Crippen LogP contribution is 2.19. The summed E-state index contributed by atoms with van der Waals surface area (Å²) >= 11 is 6.03. The minimum atomic E-state index is -0.650. The summed E-state index contributed by atoms with van der Waals surface area (Å²) in [4.78, 5) is 28.9. The Hall–Kier alpha value is -3.11. The van der Waals surface area contributed by atoms with Crippen LogP contribution in [0.1, 0.15) is 43.0 Å². The van der Waals surface area contributed by atoms with E-state index in [1.807, 2.05) is 94.4 Å². The molecule has 0 heterocycles. The molecular formula is C29H33ClN2O2. The maximum absolute atomic E-state index is 13.7. The van der Waals surface area contributed by atoms with Gasteiger partial charge in [-0.05, 0) is 56.5 Å². The molecule has 4 nitrogen and oxygen atoms in total. The average molecular weight is 477 g/mol. The Morgan fingerprint density at radius 1 is 0.853 bits per heavy atom. The molecule has 1 atom stereocenters. The summed E-state index contributed by atoms with van der Waals surface area (Å²) in [6.07, 6.45) is 0.623. The second-order valence-electron chi connectivity index (χ2n) is 9.76. The number of aryl methyl sites for hydroxylation is 1. The van der Waals surface area contributed by atoms with E-state index in [4.69, 9.17) is 11.6 Å². The third-order valence-corrected chi connectivity index (χ3v) is 5.76. The number of nitrogens with one attached hydrogen (secondary N) is 1. The zero-order chi connectivity index (χ0) is 24.7. The van der Waals surface area contributed by atoms with Gasteiger partial charge in [0.1, 0.15) is 6.04 Å². The van der Waals surface area contributed by atoms with Crippen molar-refractivity contribution in [2.24, 2.45) is 0 Å². The maximum Gasteiger partial charge on any atom is 0.243 e. The minimum absolute atomic E-state index is 0.104. The van der Waals surface area contributed by atoms with Gasteiger partial charge in [-0.25, -0.2) is 0 Å². The summed E-state index contributed by atoms with van der Waals surface area (Å²) in [5, 5.41) is 3.72. The first kappa shape index (κ1) is 25.5. The second kappa shape index (κ2) is 11.3. The van der Waals surface area contributed by atoms with E-state index in [0.717, 1.165) is 22.3 Å². The van der Waals surface area contributed by atoms with Gasteiger partial charge in [-0.15, -0.1) is 0 Å². The van der Waals surface area contributed by atoms with E-state index < -0.39 is 11.6 Å². The van der Waals surface area contributed by atoms with Gasteiger partial charge < -0.3 is 10.2 Å². The molecule has 34 heavy (non-hydrogen) atoms. The van der Waals surface area contributed by atoms with Gasteiger partial charge in [0.2, 0.25) is 11.8 Å². The Balaban J connectivity index is 1.97. The zero-order valence-electron chi connectivity index (χ0n) is 20.3. The molecule has 0 unspecified atom stereocenters. The number of nitrogens with zero attached hydrogens (tertiary/aromatic N) is 1. The van der Waals surface area contributed by atoms with Crippen LogP contribution in [0.25, 0.3) is 0 Å². The molecule has 5 heteroatoms. The van der Waals surface area contributed by atoms with E-state index >= 15 is 0 Å². The van der Waals surface area contributed by atoms with Gasteiger partial charge in [-0.1, -0.05) is 83.9 Å². The van der Waals surface area contributed by atoms with Gasteiger partial charge in [0.05, 0.1) is 6.42 Å². The summed E-state index contributed by atoms with van der Waals surface area (Å²) in [5.74, 6) is -0.263. The molecule has 3 aromatic rings. The molecule has 3 rings (SSSR count). The predicted octanol–water partition coefficient (Wildman–Crippen LogP) is 5.75. The molecule has 0 aliphatic carbocycles. The zero-order valence-corrected chi connectivity index (χ0v) is 21.1. The van der Waals surface area contributed by atoms with Crippen LogP contribution in [0.2, 0.25) is 5.02 Å². The number of hydrogen-bond donors (Lipinski definition) is 1. The molecule has 0 aromatic heterocycles. The number of carbonyl (C=O) groups is 2. The molecule has 3 aromatic carbocycles. The lowest BCUT2D eigenvalue weighted by molar-refractivity contribution is -0.141. The minimum Gasteiger partial charge on any atom is -0.350 e. The summed E-state index contributed by atoms with van der Waals surface area (Å²) in [6.45, 7) is 8.23. The third-order valence-electron chi connectivity index (χ3n) is 5.51. The quantitative estimate of drug-likeness (QED) is 0.450. The number of carbonyl (C=O) groups excluding carboxylic acids is 2. The van der Waals surface area contributed by atoms with Crippen molar-refractivity contribution in [3.63, 3.8) is 0 Å². The van der Waals surface area contributed by atoms with Crippen molar-refractivity contribution in [2.75, 3.05) is 0 Å². The van der Waals surface area contributed by atoms with E-state index in [0.29, 0.717) is 18.0 Å². The van der Waals surface area contributed by atoms with Crippen LogP contribution in [0.15, 0.2) is 78.9 Å². The highest BCUT2D eigenvalue weighted by molar-refractivity contribution is 6.30. The van der Waals surface area contributed by atoms with Gasteiger partial charge >= 0.3 is 0 Å². The maximum atomic E-state index is 13.7. The van der Waals surface area contributed by atoms with Crippen molar-refractivity contribution in [3.05, 3.63) is 106 Å². The van der Waals surface area contributed by atoms with Crippen molar-refractivity contribution in [1.29, 1.82) is 0 Å². The standard InChI is InChI=1S/C29H33ClN2O2/c1-21-10-12-24(13-11-21)20-32(27(33)19-23-14-16-25(30)17-15-23)26(28(34)31-29(2,3)4)18-22-8-6-5-7-9-22/h5-17,26H,18-20H2,1-4H3,(H,31,34)/t26-/m1/s1. The Labute approximate surface area is 207 Å². The van der Waals surface area contributed by atoms with E-state index in [-0.39, 0.29) is 18.2 Å². The van der Waals surface area contributed by atoms with Crippen LogP contribution in [0, 0.1) is 6.92 Å². The summed E-state index contributed by atoms with van der Waals surface area (Å²) in [7, 11) is 0. The largest absolute Gasteiger partial charge is 0.350 e. The third kappa shape index (κ3) is 7.74. The predicted molar refractivity (Wildman–Crippen MR) is 139 cm³/mol. The Morgan fingerprint density at radius 3 is 2.03 bits per heavy atom. The first-order valence-electron chi connectivity index (χ1n) is 11.6. The number of rotatable bonds is 8. The molecule has 0 aliphatic rings. The van der Waals surface area contributed by atoms with E-state index in [9.17, 15) is 9.59 Å². The van der Waals surface area contributed by atoms with Crippen molar-refractivity contribution >= 4 is 23.4 Å². The lowest BCUT2D eigenvalue weighted by atomic mass is 9.99. The fraction of sp³-hybridized carbons (Fsp3) is 0.310. The van der Waals surface area contributed by atoms with Crippen LogP contribution in [-0.4, -0.2) is 28.3 Å². The lowest BCUT2D eigenvalue weighted by Gasteiger charge is -2.34. The molecule has 0 saturated heterocycles. The van der Waals surface area contributed by atoms with Crippen molar-refractivity contribution in [1.82, 2.24) is 10.2 Å². The van der Waals surface area contributed by atoms with Gasteiger partial charge in [0.25, 0.3) is 0 Å². The summed E-state index contributed by atoms with van der Waals surface area (Å²) < 4.78 is 0. The van der Waals surface area contributed by atoms with E-state index in [2.05, 4.69) is 5.32 Å². The highest BCUT2D eigenvalue weighted by Gasteiger charge is 2.32. The molecule has 178 valence electrons. The van der Waals surface area contributed by atoms with Crippen molar-refractivity contribution < 1.29 is 9.59 Å². The number of amides is 2. The van der Waals surface area contributed by atoms with Crippen LogP contribution in [-0.2, 0) is 29.0 Å². The van der Waals surface area contributed by atoms with Crippen LogP contribution < -0.4 is 5.32 Å². The fourth-order valence-electron chi connectivity index (χ4n) is 3.78. The van der Waals surface area contributed by atoms with Gasteiger partial charge in [0, 0.05) is 23.5 Å². The number of halogens is 1. The van der Waals surface area contributed by atoms with E-state index in [1.54, 1.807) is 17.0 Å². The van der Waals surface area contributed by atoms with Crippen LogP contribution in [0.5, 0.6) is 0 Å². The topological polar surface area (TPSA) is 49.4 Å². The van der Waals surface area contributed by atoms with Crippen molar-refractivity contribution in [2.45, 2.75) is 58.7 Å². The first-order chi connectivity index (χ1) is 16.1. The average Bonchev–Trinajstić information content (AvgIpc) is 2.78. The SMILES string of the molecule is Cc1ccc(CN(C(=O)Cc2ccc(Cl)cc2)[C@H](Cc2ccccc2)C(=O)NC(C)(C)C)cc1. The second-order valence-corrected chi connectivity index (χ2v) is 10.2. The summed E-state index contributed by atoms with van der Waals surface area (Å²) in [6, 6.07) is 24.5. The Morgan fingerprint density at radius 2 is 1.44 bits per heavy atom. The molecule has 1 N–H and O–H groups in total. The molecule has 0 aliphatic heterocycles. The van der Waals surface area contributed by atoms with E-state index in [1.165, 1.54) is 0 Å². The first-order valence-corrected chi connectivity index (χ1v) is 11.9. The Bertz CT molecular complexity index is 1090. The molecule has 2 amide bonds. The van der Waals surface area contributed by atoms with Crippen LogP contribution >= 0.6 is 11.6 Å². The molecule has 0 radical (unpaired) electrons.